The molecule has 0 aliphatic rings. The van der Waals surface area contributed by atoms with E-state index in [1.165, 1.54) is 22.5 Å². The predicted octanol–water partition coefficient (Wildman–Crippen LogP) is 0.00132. The molecule has 0 radical (unpaired) electrons. The number of imidazole rings is 1. The number of rotatable bonds is 4. The van der Waals surface area contributed by atoms with E-state index in [2.05, 4.69) is 10.1 Å². The lowest BCUT2D eigenvalue weighted by molar-refractivity contribution is -0.110. The van der Waals surface area contributed by atoms with Crippen LogP contribution in [0.25, 0.3) is 11.2 Å². The van der Waals surface area contributed by atoms with Gasteiger partial charge >= 0.3 is 5.69 Å². The van der Waals surface area contributed by atoms with Gasteiger partial charge in [-0.15, -0.1) is 0 Å². The number of carbonyl (C=O) groups is 1. The first-order valence-corrected chi connectivity index (χ1v) is 6.98. The van der Waals surface area contributed by atoms with Crippen molar-refractivity contribution in [3.05, 3.63) is 44.7 Å². The molecule has 0 N–H and O–H groups in total. The summed E-state index contributed by atoms with van der Waals surface area (Å²) in [4.78, 5) is 40.3. The molecule has 0 amide bonds. The number of carbonyl (C=O) groups excluding carboxylic acids is 1. The Labute approximate surface area is 129 Å². The highest BCUT2D eigenvalue weighted by Crippen LogP contribution is 2.11. The fraction of sp³-hybridized carbons (Fsp3) is 0.357. The lowest BCUT2D eigenvalue weighted by Gasteiger charge is -2.10. The molecule has 120 valence electrons. The zero-order valence-electron chi connectivity index (χ0n) is 12.9. The largest absolute Gasteiger partial charge is 0.361 e. The molecule has 0 aromatic carbocycles. The van der Waals surface area contributed by atoms with E-state index in [9.17, 15) is 14.4 Å². The molecule has 0 aliphatic heterocycles. The molecule has 0 unspecified atom stereocenters. The van der Waals surface area contributed by atoms with Crippen molar-refractivity contribution in [3.8, 4) is 0 Å². The van der Waals surface area contributed by atoms with E-state index in [4.69, 9.17) is 4.52 Å². The van der Waals surface area contributed by atoms with Crippen LogP contribution in [0.15, 0.2) is 26.5 Å². The van der Waals surface area contributed by atoms with Crippen LogP contribution in [0.2, 0.25) is 0 Å². The van der Waals surface area contributed by atoms with Crippen molar-refractivity contribution < 1.29 is 9.32 Å². The van der Waals surface area contributed by atoms with Gasteiger partial charge in [0.25, 0.3) is 5.56 Å². The molecule has 1 atom stereocenters. The first kappa shape index (κ1) is 14.9. The number of nitrogens with zero attached hydrogens (tertiary/aromatic N) is 5. The van der Waals surface area contributed by atoms with E-state index in [0.29, 0.717) is 17.7 Å². The molecule has 3 aromatic heterocycles. The molecular formula is C14H15N5O4. The maximum Gasteiger partial charge on any atom is 0.332 e. The number of hydrogen-bond acceptors (Lipinski definition) is 6. The van der Waals surface area contributed by atoms with Gasteiger partial charge < -0.3 is 13.9 Å². The summed E-state index contributed by atoms with van der Waals surface area (Å²) >= 11 is 0. The molecular weight excluding hydrogens is 302 g/mol. The van der Waals surface area contributed by atoms with Crippen LogP contribution in [0, 0.1) is 6.92 Å². The van der Waals surface area contributed by atoms with Crippen LogP contribution in [-0.4, -0.2) is 30.1 Å². The highest BCUT2D eigenvalue weighted by Gasteiger charge is 2.19. The number of aldehydes is 1. The van der Waals surface area contributed by atoms with Gasteiger partial charge in [-0.05, 0) is 13.8 Å². The zero-order chi connectivity index (χ0) is 16.7. The first-order chi connectivity index (χ1) is 10.9. The average molecular weight is 317 g/mol. The van der Waals surface area contributed by atoms with Crippen LogP contribution in [0.1, 0.15) is 24.4 Å². The molecule has 0 aliphatic carbocycles. The quantitative estimate of drug-likeness (QED) is 0.627. The van der Waals surface area contributed by atoms with Crippen molar-refractivity contribution >= 4 is 17.5 Å². The maximum atomic E-state index is 12.7. The Balaban J connectivity index is 2.27. The summed E-state index contributed by atoms with van der Waals surface area (Å²) in [5.41, 5.74) is -0.120. The molecule has 9 nitrogen and oxygen atoms in total. The molecule has 3 rings (SSSR count). The van der Waals surface area contributed by atoms with E-state index in [-0.39, 0.29) is 17.7 Å². The van der Waals surface area contributed by atoms with Crippen molar-refractivity contribution in [2.75, 3.05) is 0 Å². The molecule has 0 saturated heterocycles. The van der Waals surface area contributed by atoms with Crippen molar-refractivity contribution in [3.63, 3.8) is 0 Å². The van der Waals surface area contributed by atoms with Crippen LogP contribution in [0.5, 0.6) is 0 Å². The minimum atomic E-state index is -0.562. The molecule has 0 spiro atoms. The summed E-state index contributed by atoms with van der Waals surface area (Å²) < 4.78 is 8.74. The van der Waals surface area contributed by atoms with Crippen molar-refractivity contribution in [1.29, 1.82) is 0 Å². The number of aromatic nitrogens is 5. The number of fused-ring (bicyclic) bond motifs is 1. The zero-order valence-corrected chi connectivity index (χ0v) is 12.9. The van der Waals surface area contributed by atoms with Crippen LogP contribution in [-0.2, 0) is 18.4 Å². The molecule has 9 heteroatoms. The summed E-state index contributed by atoms with van der Waals surface area (Å²) in [6, 6.07) is 1.09. The summed E-state index contributed by atoms with van der Waals surface area (Å²) in [5, 5.41) is 3.80. The highest BCUT2D eigenvalue weighted by molar-refractivity contribution is 5.72. The second-order valence-corrected chi connectivity index (χ2v) is 5.36. The fourth-order valence-electron chi connectivity index (χ4n) is 2.46. The number of hydrogen-bond donors (Lipinski definition) is 0. The molecule has 3 aromatic rings. The smallest absolute Gasteiger partial charge is 0.332 e. The summed E-state index contributed by atoms with van der Waals surface area (Å²) in [6.07, 6.45) is 2.09. The Morgan fingerprint density at radius 3 is 2.74 bits per heavy atom. The topological polar surface area (TPSA) is 105 Å². The molecule has 3 heterocycles. The van der Waals surface area contributed by atoms with E-state index >= 15 is 0 Å². The van der Waals surface area contributed by atoms with Gasteiger partial charge in [-0.25, -0.2) is 9.78 Å². The molecule has 0 fully saturated rings. The molecule has 0 bridgehead atoms. The average Bonchev–Trinajstić information content (AvgIpc) is 3.15. The van der Waals surface area contributed by atoms with E-state index in [1.54, 1.807) is 19.9 Å². The maximum absolute atomic E-state index is 12.7. The number of aryl methyl sites for hydroxylation is 2. The van der Waals surface area contributed by atoms with Gasteiger partial charge in [0.2, 0.25) is 0 Å². The fourth-order valence-corrected chi connectivity index (χ4v) is 2.46. The SMILES string of the molecule is Cc1cc(Cn2c(=O)c3c(ncn3[C@@H](C)C=O)n(C)c2=O)no1. The lowest BCUT2D eigenvalue weighted by atomic mass is 10.3. The normalized spacial score (nSPS) is 12.7. The van der Waals surface area contributed by atoms with Crippen molar-refractivity contribution in [1.82, 2.24) is 23.8 Å². The minimum Gasteiger partial charge on any atom is -0.361 e. The summed E-state index contributed by atoms with van der Waals surface area (Å²) in [6.45, 7) is 3.35. The Morgan fingerprint density at radius 2 is 2.13 bits per heavy atom. The monoisotopic (exact) mass is 317 g/mol. The van der Waals surface area contributed by atoms with Gasteiger partial charge in [-0.3, -0.25) is 13.9 Å². The minimum absolute atomic E-state index is 0.0144. The second kappa shape index (κ2) is 5.34. The van der Waals surface area contributed by atoms with Gasteiger partial charge in [-0.1, -0.05) is 5.16 Å². The molecule has 0 saturated carbocycles. The Morgan fingerprint density at radius 1 is 1.39 bits per heavy atom. The van der Waals surface area contributed by atoms with Crippen LogP contribution in [0.3, 0.4) is 0 Å². The van der Waals surface area contributed by atoms with Gasteiger partial charge in [0.05, 0.1) is 18.9 Å². The highest BCUT2D eigenvalue weighted by atomic mass is 16.5. The molecule has 23 heavy (non-hydrogen) atoms. The van der Waals surface area contributed by atoms with E-state index in [1.807, 2.05) is 0 Å². The van der Waals surface area contributed by atoms with E-state index in [0.717, 1.165) is 4.57 Å². The predicted molar refractivity (Wildman–Crippen MR) is 80.4 cm³/mol. The van der Waals surface area contributed by atoms with Crippen LogP contribution >= 0.6 is 0 Å². The van der Waals surface area contributed by atoms with Crippen molar-refractivity contribution in [2.45, 2.75) is 26.4 Å². The van der Waals surface area contributed by atoms with Gasteiger partial charge in [-0.2, -0.15) is 0 Å². The Kier molecular flexibility index (Phi) is 3.47. The standard InChI is InChI=1S/C14H15N5O4/c1-8(6-20)19-7-15-12-11(19)13(21)18(14(22)17(12)3)5-10-4-9(2)23-16-10/h4,6-8H,5H2,1-3H3/t8-/m0/s1. The third kappa shape index (κ3) is 2.30. The van der Waals surface area contributed by atoms with E-state index < -0.39 is 17.3 Å². The Hall–Kier alpha value is -2.97. The summed E-state index contributed by atoms with van der Waals surface area (Å²) in [5.74, 6) is 0.588. The third-order valence-corrected chi connectivity index (χ3v) is 3.69. The van der Waals surface area contributed by atoms with Crippen molar-refractivity contribution in [2.24, 2.45) is 7.05 Å². The summed E-state index contributed by atoms with van der Waals surface area (Å²) in [7, 11) is 1.53. The van der Waals surface area contributed by atoms with Crippen LogP contribution in [0.4, 0.5) is 0 Å². The van der Waals surface area contributed by atoms with Gasteiger partial charge in [0.15, 0.2) is 11.2 Å². The van der Waals surface area contributed by atoms with Crippen LogP contribution < -0.4 is 11.2 Å². The lowest BCUT2D eigenvalue weighted by Crippen LogP contribution is -2.40. The van der Waals surface area contributed by atoms with Gasteiger partial charge in [0.1, 0.15) is 17.7 Å². The third-order valence-electron chi connectivity index (χ3n) is 3.69. The Bertz CT molecular complexity index is 1010. The first-order valence-electron chi connectivity index (χ1n) is 6.98. The second-order valence-electron chi connectivity index (χ2n) is 5.36. The van der Waals surface area contributed by atoms with Gasteiger partial charge in [0, 0.05) is 13.1 Å².